The molecule has 1 aliphatic heterocycles. The van der Waals surface area contributed by atoms with Crippen molar-refractivity contribution in [1.29, 1.82) is 0 Å². The van der Waals surface area contributed by atoms with Crippen molar-refractivity contribution in [3.05, 3.63) is 65.7 Å². The highest BCUT2D eigenvalue weighted by Gasteiger charge is 2.16. The highest BCUT2D eigenvalue weighted by molar-refractivity contribution is 5.94. The molecule has 1 saturated heterocycles. The molecule has 0 unspecified atom stereocenters. The minimum Gasteiger partial charge on any atom is -0.489 e. The number of hydrogen-bond acceptors (Lipinski definition) is 3. The molecule has 2 aromatic carbocycles. The van der Waals surface area contributed by atoms with Gasteiger partial charge in [0.2, 0.25) is 0 Å². The van der Waals surface area contributed by atoms with Gasteiger partial charge in [0.25, 0.3) is 5.91 Å². The summed E-state index contributed by atoms with van der Waals surface area (Å²) in [6.07, 6.45) is 2.24. The van der Waals surface area contributed by atoms with Crippen molar-refractivity contribution < 1.29 is 14.3 Å². The smallest absolute Gasteiger partial charge is 0.251 e. The van der Waals surface area contributed by atoms with E-state index in [1.807, 2.05) is 42.5 Å². The zero-order valence-corrected chi connectivity index (χ0v) is 13.0. The summed E-state index contributed by atoms with van der Waals surface area (Å²) in [6, 6.07) is 17.2. The molecule has 0 radical (unpaired) electrons. The van der Waals surface area contributed by atoms with Gasteiger partial charge in [-0.2, -0.15) is 0 Å². The zero-order chi connectivity index (χ0) is 15.9. The van der Waals surface area contributed by atoms with Crippen molar-refractivity contribution in [1.82, 2.24) is 5.32 Å². The number of benzene rings is 2. The Morgan fingerprint density at radius 1 is 1.17 bits per heavy atom. The van der Waals surface area contributed by atoms with Crippen molar-refractivity contribution in [2.75, 3.05) is 13.2 Å². The lowest BCUT2D eigenvalue weighted by Gasteiger charge is -2.12. The standard InChI is InChI=1S/C19H21NO3/c21-19(20-13-18-10-5-11-22-18)16-8-4-9-17(12-16)23-14-15-6-2-1-3-7-15/h1-4,6-9,12,18H,5,10-11,13-14H2,(H,20,21)/t18-/m0/s1. The van der Waals surface area contributed by atoms with Crippen LogP contribution in [0.15, 0.2) is 54.6 Å². The van der Waals surface area contributed by atoms with E-state index in [4.69, 9.17) is 9.47 Å². The topological polar surface area (TPSA) is 47.6 Å². The van der Waals surface area contributed by atoms with Crippen molar-refractivity contribution in [3.63, 3.8) is 0 Å². The highest BCUT2D eigenvalue weighted by atomic mass is 16.5. The fourth-order valence-electron chi connectivity index (χ4n) is 2.58. The van der Waals surface area contributed by atoms with Gasteiger partial charge >= 0.3 is 0 Å². The summed E-state index contributed by atoms with van der Waals surface area (Å²) in [5.74, 6) is 0.601. The van der Waals surface area contributed by atoms with E-state index in [0.29, 0.717) is 24.5 Å². The minimum absolute atomic E-state index is 0.0920. The van der Waals surface area contributed by atoms with E-state index >= 15 is 0 Å². The maximum Gasteiger partial charge on any atom is 0.251 e. The lowest BCUT2D eigenvalue weighted by Crippen LogP contribution is -2.31. The van der Waals surface area contributed by atoms with Crippen LogP contribution in [-0.4, -0.2) is 25.2 Å². The number of carbonyl (C=O) groups excluding carboxylic acids is 1. The van der Waals surface area contributed by atoms with Gasteiger partial charge in [0.05, 0.1) is 6.10 Å². The quantitative estimate of drug-likeness (QED) is 0.891. The molecule has 4 nitrogen and oxygen atoms in total. The number of hydrogen-bond donors (Lipinski definition) is 1. The normalized spacial score (nSPS) is 17.0. The van der Waals surface area contributed by atoms with Crippen LogP contribution in [0.4, 0.5) is 0 Å². The van der Waals surface area contributed by atoms with E-state index in [9.17, 15) is 4.79 Å². The Balaban J connectivity index is 1.54. The monoisotopic (exact) mass is 311 g/mol. The van der Waals surface area contributed by atoms with E-state index in [1.54, 1.807) is 12.1 Å². The lowest BCUT2D eigenvalue weighted by molar-refractivity contribution is 0.0857. The first-order valence-corrected chi connectivity index (χ1v) is 7.98. The molecule has 0 aliphatic carbocycles. The summed E-state index contributed by atoms with van der Waals surface area (Å²) < 4.78 is 11.3. The average molecular weight is 311 g/mol. The number of ether oxygens (including phenoxy) is 2. The van der Waals surface area contributed by atoms with Crippen LogP contribution in [0.25, 0.3) is 0 Å². The molecule has 1 fully saturated rings. The molecular formula is C19H21NO3. The van der Waals surface area contributed by atoms with Gasteiger partial charge in [0, 0.05) is 18.7 Å². The maximum atomic E-state index is 12.2. The van der Waals surface area contributed by atoms with Crippen molar-refractivity contribution in [3.8, 4) is 5.75 Å². The number of nitrogens with one attached hydrogen (secondary N) is 1. The zero-order valence-electron chi connectivity index (χ0n) is 13.0. The predicted octanol–water partition coefficient (Wildman–Crippen LogP) is 3.17. The second-order valence-electron chi connectivity index (χ2n) is 5.65. The minimum atomic E-state index is -0.0920. The molecule has 1 N–H and O–H groups in total. The van der Waals surface area contributed by atoms with E-state index in [1.165, 1.54) is 0 Å². The van der Waals surface area contributed by atoms with Gasteiger partial charge in [-0.15, -0.1) is 0 Å². The first kappa shape index (κ1) is 15.6. The maximum absolute atomic E-state index is 12.2. The van der Waals surface area contributed by atoms with Crippen LogP contribution >= 0.6 is 0 Å². The Morgan fingerprint density at radius 3 is 2.83 bits per heavy atom. The van der Waals surface area contributed by atoms with Crippen LogP contribution < -0.4 is 10.1 Å². The molecular weight excluding hydrogens is 290 g/mol. The molecule has 4 heteroatoms. The molecule has 3 rings (SSSR count). The Kier molecular flexibility index (Phi) is 5.27. The van der Waals surface area contributed by atoms with Gasteiger partial charge in [-0.25, -0.2) is 0 Å². The third kappa shape index (κ3) is 4.57. The Labute approximate surface area is 136 Å². The number of amides is 1. The van der Waals surface area contributed by atoms with Crippen LogP contribution in [0.5, 0.6) is 5.75 Å². The van der Waals surface area contributed by atoms with E-state index in [-0.39, 0.29) is 12.0 Å². The van der Waals surface area contributed by atoms with Crippen LogP contribution in [0, 0.1) is 0 Å². The predicted molar refractivity (Wildman–Crippen MR) is 88.5 cm³/mol. The number of carbonyl (C=O) groups is 1. The Hall–Kier alpha value is -2.33. The summed E-state index contributed by atoms with van der Waals surface area (Å²) >= 11 is 0. The molecule has 1 aliphatic rings. The van der Waals surface area contributed by atoms with Crippen LogP contribution in [-0.2, 0) is 11.3 Å². The molecule has 1 heterocycles. The van der Waals surface area contributed by atoms with Crippen LogP contribution in [0.3, 0.4) is 0 Å². The molecule has 0 aromatic heterocycles. The van der Waals surface area contributed by atoms with Crippen molar-refractivity contribution >= 4 is 5.91 Å². The van der Waals surface area contributed by atoms with Crippen LogP contribution in [0.2, 0.25) is 0 Å². The fraction of sp³-hybridized carbons (Fsp3) is 0.316. The van der Waals surface area contributed by atoms with Gasteiger partial charge in [-0.05, 0) is 36.6 Å². The van der Waals surface area contributed by atoms with E-state index < -0.39 is 0 Å². The molecule has 0 saturated carbocycles. The third-order valence-electron chi connectivity index (χ3n) is 3.86. The average Bonchev–Trinajstić information content (AvgIpc) is 3.12. The first-order chi connectivity index (χ1) is 11.3. The number of rotatable bonds is 6. The van der Waals surface area contributed by atoms with E-state index in [0.717, 1.165) is 25.0 Å². The van der Waals surface area contributed by atoms with Gasteiger partial charge in [0.1, 0.15) is 12.4 Å². The second kappa shape index (κ2) is 7.79. The molecule has 0 spiro atoms. The third-order valence-corrected chi connectivity index (χ3v) is 3.86. The Bertz CT molecular complexity index is 636. The summed E-state index contributed by atoms with van der Waals surface area (Å²) in [5.41, 5.74) is 1.70. The SMILES string of the molecule is O=C(NC[C@@H]1CCCO1)c1cccc(OCc2ccccc2)c1. The summed E-state index contributed by atoms with van der Waals surface area (Å²) in [4.78, 5) is 12.2. The van der Waals surface area contributed by atoms with Gasteiger partial charge < -0.3 is 14.8 Å². The summed E-state index contributed by atoms with van der Waals surface area (Å²) in [6.45, 7) is 1.85. The Morgan fingerprint density at radius 2 is 2.04 bits per heavy atom. The molecule has 1 atom stereocenters. The molecule has 1 amide bonds. The van der Waals surface area contributed by atoms with Gasteiger partial charge in [0.15, 0.2) is 0 Å². The summed E-state index contributed by atoms with van der Waals surface area (Å²) in [7, 11) is 0. The fourth-order valence-corrected chi connectivity index (χ4v) is 2.58. The van der Waals surface area contributed by atoms with Crippen LogP contribution in [0.1, 0.15) is 28.8 Å². The molecule has 2 aromatic rings. The summed E-state index contributed by atoms with van der Waals surface area (Å²) in [5, 5.41) is 2.92. The van der Waals surface area contributed by atoms with Gasteiger partial charge in [-0.3, -0.25) is 4.79 Å². The lowest BCUT2D eigenvalue weighted by atomic mass is 10.2. The molecule has 120 valence electrons. The van der Waals surface area contributed by atoms with Crippen molar-refractivity contribution in [2.24, 2.45) is 0 Å². The van der Waals surface area contributed by atoms with Gasteiger partial charge in [-0.1, -0.05) is 36.4 Å². The largest absolute Gasteiger partial charge is 0.489 e. The second-order valence-corrected chi connectivity index (χ2v) is 5.65. The van der Waals surface area contributed by atoms with Crippen molar-refractivity contribution in [2.45, 2.75) is 25.6 Å². The molecule has 23 heavy (non-hydrogen) atoms. The first-order valence-electron chi connectivity index (χ1n) is 7.98. The molecule has 0 bridgehead atoms. The highest BCUT2D eigenvalue weighted by Crippen LogP contribution is 2.16. The van der Waals surface area contributed by atoms with E-state index in [2.05, 4.69) is 5.32 Å².